The number of hydrogen-bond acceptors (Lipinski definition) is 3. The maximum absolute atomic E-state index is 11.8. The molecule has 0 bridgehead atoms. The highest BCUT2D eigenvalue weighted by Gasteiger charge is 2.25. The van der Waals surface area contributed by atoms with Crippen molar-refractivity contribution in [1.82, 2.24) is 10.6 Å². The van der Waals surface area contributed by atoms with E-state index in [4.69, 9.17) is 0 Å². The zero-order valence-corrected chi connectivity index (χ0v) is 12.1. The van der Waals surface area contributed by atoms with Crippen LogP contribution in [0.2, 0.25) is 0 Å². The quantitative estimate of drug-likeness (QED) is 0.735. The molecule has 0 aliphatic heterocycles. The summed E-state index contributed by atoms with van der Waals surface area (Å²) < 4.78 is 0. The number of carbonyl (C=O) groups is 1. The lowest BCUT2D eigenvalue weighted by molar-refractivity contribution is -0.122. The molecule has 1 saturated carbocycles. The van der Waals surface area contributed by atoms with Gasteiger partial charge in [-0.1, -0.05) is 13.8 Å². The van der Waals surface area contributed by atoms with E-state index in [0.29, 0.717) is 12.5 Å². The highest BCUT2D eigenvalue weighted by atomic mass is 32.2. The minimum atomic E-state index is 0.200. The third-order valence-corrected chi connectivity index (χ3v) is 4.43. The fourth-order valence-corrected chi connectivity index (χ4v) is 3.59. The summed E-state index contributed by atoms with van der Waals surface area (Å²) in [5, 5.41) is 7.19. The van der Waals surface area contributed by atoms with Crippen molar-refractivity contribution in [1.29, 1.82) is 0 Å². The molecule has 17 heavy (non-hydrogen) atoms. The minimum Gasteiger partial charge on any atom is -0.353 e. The van der Waals surface area contributed by atoms with Crippen molar-refractivity contribution in [3.63, 3.8) is 0 Å². The SMILES string of the molecule is CCNC(C)CC(=O)NC1CCC(SCC)C1. The Morgan fingerprint density at radius 2 is 2.18 bits per heavy atom. The number of hydrogen-bond donors (Lipinski definition) is 2. The van der Waals surface area contributed by atoms with Gasteiger partial charge in [0.2, 0.25) is 5.91 Å². The maximum Gasteiger partial charge on any atom is 0.221 e. The van der Waals surface area contributed by atoms with Crippen molar-refractivity contribution in [2.75, 3.05) is 12.3 Å². The maximum atomic E-state index is 11.8. The molecule has 2 N–H and O–H groups in total. The summed E-state index contributed by atoms with van der Waals surface area (Å²) in [5.41, 5.74) is 0. The Bertz CT molecular complexity index is 235. The molecular weight excluding hydrogens is 232 g/mol. The molecule has 1 amide bonds. The summed E-state index contributed by atoms with van der Waals surface area (Å²) in [7, 11) is 0. The van der Waals surface area contributed by atoms with Gasteiger partial charge in [-0.2, -0.15) is 11.8 Å². The summed E-state index contributed by atoms with van der Waals surface area (Å²) in [5.74, 6) is 1.38. The first kappa shape index (κ1) is 14.8. The van der Waals surface area contributed by atoms with E-state index in [1.807, 2.05) is 11.8 Å². The average molecular weight is 258 g/mol. The van der Waals surface area contributed by atoms with E-state index in [2.05, 4.69) is 31.4 Å². The van der Waals surface area contributed by atoms with Crippen LogP contribution in [0.1, 0.15) is 46.5 Å². The molecule has 3 nitrogen and oxygen atoms in total. The first-order valence-corrected chi connectivity index (χ1v) is 7.84. The van der Waals surface area contributed by atoms with Crippen molar-refractivity contribution in [2.45, 2.75) is 63.8 Å². The molecule has 3 atom stereocenters. The number of nitrogens with one attached hydrogen (secondary N) is 2. The topological polar surface area (TPSA) is 41.1 Å². The van der Waals surface area contributed by atoms with Gasteiger partial charge in [-0.25, -0.2) is 0 Å². The Morgan fingerprint density at radius 1 is 1.41 bits per heavy atom. The van der Waals surface area contributed by atoms with Crippen LogP contribution in [0.3, 0.4) is 0 Å². The van der Waals surface area contributed by atoms with Crippen LogP contribution in [0, 0.1) is 0 Å². The highest BCUT2D eigenvalue weighted by Crippen LogP contribution is 2.29. The number of amides is 1. The standard InChI is InChI=1S/C13H26N2OS/c1-4-14-10(3)8-13(16)15-11-6-7-12(9-11)17-5-2/h10-12,14H,4-9H2,1-3H3,(H,15,16). The van der Waals surface area contributed by atoms with Gasteiger partial charge >= 0.3 is 0 Å². The highest BCUT2D eigenvalue weighted by molar-refractivity contribution is 7.99. The fraction of sp³-hybridized carbons (Fsp3) is 0.923. The van der Waals surface area contributed by atoms with Crippen molar-refractivity contribution in [2.24, 2.45) is 0 Å². The Kier molecular flexibility index (Phi) is 6.97. The van der Waals surface area contributed by atoms with Gasteiger partial charge in [0.25, 0.3) is 0 Å². The molecule has 0 aromatic heterocycles. The zero-order chi connectivity index (χ0) is 12.7. The van der Waals surface area contributed by atoms with Crippen LogP contribution in [0.25, 0.3) is 0 Å². The van der Waals surface area contributed by atoms with E-state index in [-0.39, 0.29) is 11.9 Å². The van der Waals surface area contributed by atoms with Crippen LogP contribution in [-0.4, -0.2) is 35.5 Å². The fourth-order valence-electron chi connectivity index (χ4n) is 2.44. The lowest BCUT2D eigenvalue weighted by Gasteiger charge is -2.16. The van der Waals surface area contributed by atoms with Crippen molar-refractivity contribution < 1.29 is 4.79 Å². The van der Waals surface area contributed by atoms with Crippen LogP contribution in [0.15, 0.2) is 0 Å². The van der Waals surface area contributed by atoms with Gasteiger partial charge in [-0.05, 0) is 38.5 Å². The molecule has 4 heteroatoms. The number of carbonyl (C=O) groups excluding carboxylic acids is 1. The molecule has 1 rings (SSSR count). The molecule has 1 aliphatic rings. The second-order valence-corrected chi connectivity index (χ2v) is 6.40. The lowest BCUT2D eigenvalue weighted by Crippen LogP contribution is -2.38. The van der Waals surface area contributed by atoms with E-state index in [1.54, 1.807) is 0 Å². The van der Waals surface area contributed by atoms with Gasteiger partial charge in [0.15, 0.2) is 0 Å². The van der Waals surface area contributed by atoms with E-state index < -0.39 is 0 Å². The first-order chi connectivity index (χ1) is 8.15. The van der Waals surface area contributed by atoms with Gasteiger partial charge in [-0.15, -0.1) is 0 Å². The first-order valence-electron chi connectivity index (χ1n) is 6.80. The molecule has 100 valence electrons. The number of rotatable bonds is 7. The molecule has 0 spiro atoms. The van der Waals surface area contributed by atoms with E-state index in [1.165, 1.54) is 12.2 Å². The van der Waals surface area contributed by atoms with Crippen LogP contribution in [0.5, 0.6) is 0 Å². The molecule has 3 unspecified atom stereocenters. The molecule has 0 saturated heterocycles. The largest absolute Gasteiger partial charge is 0.353 e. The second kappa shape index (κ2) is 7.98. The van der Waals surface area contributed by atoms with Crippen LogP contribution in [-0.2, 0) is 4.79 Å². The van der Waals surface area contributed by atoms with Gasteiger partial charge in [0.05, 0.1) is 0 Å². The Morgan fingerprint density at radius 3 is 2.82 bits per heavy atom. The molecule has 0 aromatic carbocycles. The summed E-state index contributed by atoms with van der Waals surface area (Å²) in [4.78, 5) is 11.8. The molecular formula is C13H26N2OS. The summed E-state index contributed by atoms with van der Waals surface area (Å²) in [6.07, 6.45) is 4.15. The van der Waals surface area contributed by atoms with Crippen LogP contribution in [0.4, 0.5) is 0 Å². The summed E-state index contributed by atoms with van der Waals surface area (Å²) in [6, 6.07) is 0.697. The van der Waals surface area contributed by atoms with E-state index in [9.17, 15) is 4.79 Å². The predicted molar refractivity (Wildman–Crippen MR) is 75.5 cm³/mol. The van der Waals surface area contributed by atoms with Gasteiger partial charge < -0.3 is 10.6 Å². The second-order valence-electron chi connectivity index (χ2n) is 4.82. The van der Waals surface area contributed by atoms with Gasteiger partial charge in [0, 0.05) is 23.8 Å². The Balaban J connectivity index is 2.19. The minimum absolute atomic E-state index is 0.200. The molecule has 0 aromatic rings. The Labute approximate surface area is 109 Å². The number of thioether (sulfide) groups is 1. The van der Waals surface area contributed by atoms with E-state index in [0.717, 1.165) is 24.6 Å². The van der Waals surface area contributed by atoms with E-state index >= 15 is 0 Å². The molecule has 0 radical (unpaired) electrons. The third kappa shape index (κ3) is 5.77. The molecule has 1 aliphatic carbocycles. The normalized spacial score (nSPS) is 25.8. The molecule has 1 fully saturated rings. The van der Waals surface area contributed by atoms with Crippen molar-refractivity contribution in [3.8, 4) is 0 Å². The van der Waals surface area contributed by atoms with Crippen molar-refractivity contribution >= 4 is 17.7 Å². The smallest absolute Gasteiger partial charge is 0.221 e. The van der Waals surface area contributed by atoms with Gasteiger partial charge in [0.1, 0.15) is 0 Å². The van der Waals surface area contributed by atoms with Gasteiger partial charge in [-0.3, -0.25) is 4.79 Å². The Hall–Kier alpha value is -0.220. The summed E-state index contributed by atoms with van der Waals surface area (Å²) in [6.45, 7) is 7.26. The predicted octanol–water partition coefficient (Wildman–Crippen LogP) is 2.16. The zero-order valence-electron chi connectivity index (χ0n) is 11.3. The molecule has 0 heterocycles. The van der Waals surface area contributed by atoms with Crippen molar-refractivity contribution in [3.05, 3.63) is 0 Å². The monoisotopic (exact) mass is 258 g/mol. The third-order valence-electron chi connectivity index (χ3n) is 3.20. The van der Waals surface area contributed by atoms with Crippen LogP contribution < -0.4 is 10.6 Å². The average Bonchev–Trinajstić information content (AvgIpc) is 2.66. The summed E-state index contributed by atoms with van der Waals surface area (Å²) >= 11 is 2.03. The van der Waals surface area contributed by atoms with Crippen LogP contribution >= 0.6 is 11.8 Å². The lowest BCUT2D eigenvalue weighted by atomic mass is 10.2.